The number of amides is 1. The standard InChI is InChI=1S/C14H16N2O3S/c1-19-11-4-2-10(3-5-11)8-13-16-12(9-20-13)14(18)15-6-7-17/h2-5,9,17H,6-8H2,1H3,(H,15,18). The summed E-state index contributed by atoms with van der Waals surface area (Å²) >= 11 is 1.45. The quantitative estimate of drug-likeness (QED) is 0.845. The van der Waals surface area contributed by atoms with E-state index in [4.69, 9.17) is 9.84 Å². The van der Waals surface area contributed by atoms with Crippen LogP contribution in [0.1, 0.15) is 21.1 Å². The van der Waals surface area contributed by atoms with Gasteiger partial charge in [-0.25, -0.2) is 4.98 Å². The van der Waals surface area contributed by atoms with Crippen molar-refractivity contribution < 1.29 is 14.6 Å². The summed E-state index contributed by atoms with van der Waals surface area (Å²) in [5, 5.41) is 13.8. The highest BCUT2D eigenvalue weighted by Crippen LogP contribution is 2.17. The van der Waals surface area contributed by atoms with Gasteiger partial charge in [0, 0.05) is 18.3 Å². The molecule has 2 N–H and O–H groups in total. The van der Waals surface area contributed by atoms with Crippen LogP contribution in [0.25, 0.3) is 0 Å². The van der Waals surface area contributed by atoms with E-state index in [2.05, 4.69) is 10.3 Å². The number of rotatable bonds is 6. The molecule has 0 saturated carbocycles. The highest BCUT2D eigenvalue weighted by atomic mass is 32.1. The predicted octanol–water partition coefficient (Wildman–Crippen LogP) is 1.46. The Morgan fingerprint density at radius 2 is 2.15 bits per heavy atom. The van der Waals surface area contributed by atoms with Gasteiger partial charge in [0.25, 0.3) is 5.91 Å². The third kappa shape index (κ3) is 3.79. The van der Waals surface area contributed by atoms with Crippen LogP contribution in [0.5, 0.6) is 5.75 Å². The number of carbonyl (C=O) groups excluding carboxylic acids is 1. The first-order valence-electron chi connectivity index (χ1n) is 6.19. The number of methoxy groups -OCH3 is 1. The molecule has 2 aromatic rings. The Kier molecular flexibility index (Phi) is 5.09. The predicted molar refractivity (Wildman–Crippen MR) is 77.3 cm³/mol. The number of ether oxygens (including phenoxy) is 1. The van der Waals surface area contributed by atoms with Crippen molar-refractivity contribution >= 4 is 17.2 Å². The molecule has 0 fully saturated rings. The van der Waals surface area contributed by atoms with Crippen LogP contribution in [0.15, 0.2) is 29.6 Å². The van der Waals surface area contributed by atoms with Crippen molar-refractivity contribution in [3.05, 3.63) is 45.9 Å². The maximum absolute atomic E-state index is 11.7. The van der Waals surface area contributed by atoms with Gasteiger partial charge in [0.2, 0.25) is 0 Å². The van der Waals surface area contributed by atoms with Crippen molar-refractivity contribution in [3.63, 3.8) is 0 Å². The zero-order chi connectivity index (χ0) is 14.4. The molecule has 20 heavy (non-hydrogen) atoms. The fraction of sp³-hybridized carbons (Fsp3) is 0.286. The topological polar surface area (TPSA) is 71.5 Å². The number of benzene rings is 1. The molecule has 6 heteroatoms. The Morgan fingerprint density at radius 3 is 2.80 bits per heavy atom. The van der Waals surface area contributed by atoms with Crippen molar-refractivity contribution in [2.45, 2.75) is 6.42 Å². The van der Waals surface area contributed by atoms with Gasteiger partial charge < -0.3 is 15.2 Å². The summed E-state index contributed by atoms with van der Waals surface area (Å²) in [6, 6.07) is 7.76. The van der Waals surface area contributed by atoms with Crippen LogP contribution in [-0.2, 0) is 6.42 Å². The zero-order valence-corrected chi connectivity index (χ0v) is 11.9. The summed E-state index contributed by atoms with van der Waals surface area (Å²) in [7, 11) is 1.63. The van der Waals surface area contributed by atoms with Gasteiger partial charge in [0.15, 0.2) is 0 Å². The van der Waals surface area contributed by atoms with Crippen molar-refractivity contribution in [2.75, 3.05) is 20.3 Å². The van der Waals surface area contributed by atoms with Crippen LogP contribution in [-0.4, -0.2) is 36.3 Å². The van der Waals surface area contributed by atoms with Crippen LogP contribution < -0.4 is 10.1 Å². The van der Waals surface area contributed by atoms with E-state index in [-0.39, 0.29) is 19.1 Å². The fourth-order valence-corrected chi connectivity index (χ4v) is 2.48. The number of hydrogen-bond acceptors (Lipinski definition) is 5. The number of aliphatic hydroxyl groups is 1. The average Bonchev–Trinajstić information content (AvgIpc) is 2.94. The van der Waals surface area contributed by atoms with Gasteiger partial charge in [-0.2, -0.15) is 0 Å². The maximum atomic E-state index is 11.7. The first kappa shape index (κ1) is 14.5. The van der Waals surface area contributed by atoms with Gasteiger partial charge in [0.1, 0.15) is 11.4 Å². The lowest BCUT2D eigenvalue weighted by atomic mass is 10.1. The van der Waals surface area contributed by atoms with E-state index < -0.39 is 0 Å². The summed E-state index contributed by atoms with van der Waals surface area (Å²) in [5.41, 5.74) is 1.51. The van der Waals surface area contributed by atoms with Crippen molar-refractivity contribution in [1.29, 1.82) is 0 Å². The number of thiazole rings is 1. The van der Waals surface area contributed by atoms with Gasteiger partial charge in [0.05, 0.1) is 18.7 Å². The molecule has 1 aromatic heterocycles. The number of aromatic nitrogens is 1. The van der Waals surface area contributed by atoms with E-state index in [1.165, 1.54) is 11.3 Å². The second-order valence-corrected chi connectivity index (χ2v) is 5.07. The Morgan fingerprint density at radius 1 is 1.40 bits per heavy atom. The second kappa shape index (κ2) is 7.02. The maximum Gasteiger partial charge on any atom is 0.270 e. The number of hydrogen-bond donors (Lipinski definition) is 2. The molecule has 1 amide bonds. The summed E-state index contributed by atoms with van der Waals surface area (Å²) in [4.78, 5) is 16.0. The zero-order valence-electron chi connectivity index (χ0n) is 11.1. The minimum atomic E-state index is -0.253. The Labute approximate surface area is 121 Å². The molecule has 0 bridgehead atoms. The van der Waals surface area contributed by atoms with E-state index in [0.717, 1.165) is 16.3 Å². The summed E-state index contributed by atoms with van der Waals surface area (Å²) in [6.45, 7) is 0.165. The highest BCUT2D eigenvalue weighted by Gasteiger charge is 2.10. The van der Waals surface area contributed by atoms with Crippen LogP contribution in [0.4, 0.5) is 0 Å². The Bertz CT molecular complexity index is 566. The molecule has 0 radical (unpaired) electrons. The van der Waals surface area contributed by atoms with E-state index in [0.29, 0.717) is 12.1 Å². The molecule has 0 aliphatic heterocycles. The highest BCUT2D eigenvalue weighted by molar-refractivity contribution is 7.09. The molecule has 5 nitrogen and oxygen atoms in total. The van der Waals surface area contributed by atoms with E-state index in [1.807, 2.05) is 24.3 Å². The number of nitrogens with zero attached hydrogens (tertiary/aromatic N) is 1. The normalized spacial score (nSPS) is 10.3. The van der Waals surface area contributed by atoms with E-state index in [1.54, 1.807) is 12.5 Å². The molecule has 2 rings (SSSR count). The van der Waals surface area contributed by atoms with Gasteiger partial charge in [-0.1, -0.05) is 12.1 Å². The molecule has 0 aliphatic rings. The van der Waals surface area contributed by atoms with Crippen LogP contribution in [0, 0.1) is 0 Å². The SMILES string of the molecule is COc1ccc(Cc2nc(C(=O)NCCO)cs2)cc1. The Hall–Kier alpha value is -1.92. The lowest BCUT2D eigenvalue weighted by Gasteiger charge is -2.01. The molecule has 106 valence electrons. The third-order valence-corrected chi connectivity index (χ3v) is 3.54. The molecule has 1 heterocycles. The number of nitrogens with one attached hydrogen (secondary N) is 1. The molecule has 0 saturated heterocycles. The average molecular weight is 292 g/mol. The summed E-state index contributed by atoms with van der Waals surface area (Å²) < 4.78 is 5.11. The monoisotopic (exact) mass is 292 g/mol. The smallest absolute Gasteiger partial charge is 0.270 e. The van der Waals surface area contributed by atoms with Crippen molar-refractivity contribution in [1.82, 2.24) is 10.3 Å². The first-order valence-corrected chi connectivity index (χ1v) is 7.07. The van der Waals surface area contributed by atoms with Gasteiger partial charge in [-0.05, 0) is 17.7 Å². The van der Waals surface area contributed by atoms with E-state index in [9.17, 15) is 4.79 Å². The molecule has 0 spiro atoms. The molecular weight excluding hydrogens is 276 g/mol. The van der Waals surface area contributed by atoms with Crippen molar-refractivity contribution in [3.8, 4) is 5.75 Å². The van der Waals surface area contributed by atoms with Gasteiger partial charge in [-0.15, -0.1) is 11.3 Å². The Balaban J connectivity index is 1.99. The summed E-state index contributed by atoms with van der Waals surface area (Å²) in [6.07, 6.45) is 0.682. The summed E-state index contributed by atoms with van der Waals surface area (Å²) in [5.74, 6) is 0.563. The minimum absolute atomic E-state index is 0.0748. The molecule has 1 aromatic carbocycles. The van der Waals surface area contributed by atoms with Crippen LogP contribution in [0.3, 0.4) is 0 Å². The second-order valence-electron chi connectivity index (χ2n) is 4.13. The van der Waals surface area contributed by atoms with Crippen LogP contribution in [0.2, 0.25) is 0 Å². The number of aliphatic hydroxyl groups excluding tert-OH is 1. The van der Waals surface area contributed by atoms with Gasteiger partial charge in [-0.3, -0.25) is 4.79 Å². The van der Waals surface area contributed by atoms with E-state index >= 15 is 0 Å². The minimum Gasteiger partial charge on any atom is -0.497 e. The molecule has 0 atom stereocenters. The lowest BCUT2D eigenvalue weighted by molar-refractivity contribution is 0.0940. The van der Waals surface area contributed by atoms with Crippen molar-refractivity contribution in [2.24, 2.45) is 0 Å². The largest absolute Gasteiger partial charge is 0.497 e. The van der Waals surface area contributed by atoms with Crippen LogP contribution >= 0.6 is 11.3 Å². The van der Waals surface area contributed by atoms with Gasteiger partial charge >= 0.3 is 0 Å². The first-order chi connectivity index (χ1) is 9.72. The molecule has 0 aliphatic carbocycles. The lowest BCUT2D eigenvalue weighted by Crippen LogP contribution is -2.26. The molecule has 0 unspecified atom stereocenters. The molecular formula is C14H16N2O3S. The fourth-order valence-electron chi connectivity index (χ4n) is 1.67. The number of carbonyl (C=O) groups is 1. The third-order valence-electron chi connectivity index (χ3n) is 2.70.